The van der Waals surface area contributed by atoms with E-state index in [1.807, 2.05) is 36.4 Å². The largest absolute Gasteiger partial charge is 0.427 e. The van der Waals surface area contributed by atoms with Crippen LogP contribution in [0.2, 0.25) is 0 Å². The fraction of sp³-hybridized carbons (Fsp3) is 0.0800. The van der Waals surface area contributed by atoms with Gasteiger partial charge in [0.05, 0.1) is 0 Å². The van der Waals surface area contributed by atoms with E-state index in [-0.39, 0.29) is 11.8 Å². The van der Waals surface area contributed by atoms with Gasteiger partial charge in [-0.05, 0) is 59.7 Å². The lowest BCUT2D eigenvalue weighted by Gasteiger charge is -2.08. The van der Waals surface area contributed by atoms with Gasteiger partial charge in [-0.3, -0.25) is 14.4 Å². The summed E-state index contributed by atoms with van der Waals surface area (Å²) in [5.74, 6) is -0.644. The van der Waals surface area contributed by atoms with Crippen LogP contribution in [0.25, 0.3) is 6.08 Å². The summed E-state index contributed by atoms with van der Waals surface area (Å²) in [6, 6.07) is 21.2. The lowest BCUT2D eigenvalue weighted by Crippen LogP contribution is -2.22. The number of carbonyl (C=O) groups excluding carboxylic acids is 3. The molecule has 0 saturated carbocycles. The summed E-state index contributed by atoms with van der Waals surface area (Å²) in [5, 5.41) is 5.62. The van der Waals surface area contributed by atoms with Crippen LogP contribution in [0.4, 0.5) is 5.69 Å². The van der Waals surface area contributed by atoms with Gasteiger partial charge in [-0.15, -0.1) is 0 Å². The summed E-state index contributed by atoms with van der Waals surface area (Å²) in [6.45, 7) is 1.62. The van der Waals surface area contributed by atoms with E-state index in [0.717, 1.165) is 15.6 Å². The molecule has 162 valence electrons. The van der Waals surface area contributed by atoms with Crippen molar-refractivity contribution >= 4 is 45.5 Å². The minimum Gasteiger partial charge on any atom is -0.427 e. The van der Waals surface area contributed by atoms with Gasteiger partial charge in [0.1, 0.15) is 5.75 Å². The number of hydrogen-bond acceptors (Lipinski definition) is 4. The summed E-state index contributed by atoms with van der Waals surface area (Å²) in [5.41, 5.74) is 2.84. The number of rotatable bonds is 7. The second-order valence-corrected chi connectivity index (χ2v) is 7.79. The summed E-state index contributed by atoms with van der Waals surface area (Å²) in [4.78, 5) is 35.5. The van der Waals surface area contributed by atoms with Crippen LogP contribution in [0.15, 0.2) is 83.3 Å². The highest BCUT2D eigenvalue weighted by Gasteiger charge is 2.08. The third kappa shape index (κ3) is 7.21. The number of esters is 1. The van der Waals surface area contributed by atoms with Crippen LogP contribution in [0, 0.1) is 0 Å². The second-order valence-electron chi connectivity index (χ2n) is 6.88. The zero-order chi connectivity index (χ0) is 22.9. The third-order valence-electron chi connectivity index (χ3n) is 4.33. The van der Waals surface area contributed by atoms with Crippen LogP contribution < -0.4 is 15.4 Å². The topological polar surface area (TPSA) is 84.5 Å². The first kappa shape index (κ1) is 23.0. The molecule has 0 unspecified atom stereocenters. The van der Waals surface area contributed by atoms with E-state index < -0.39 is 5.97 Å². The van der Waals surface area contributed by atoms with Crippen LogP contribution >= 0.6 is 15.9 Å². The predicted octanol–water partition coefficient (Wildman–Crippen LogP) is 4.96. The van der Waals surface area contributed by atoms with Crippen LogP contribution in [-0.4, -0.2) is 17.8 Å². The molecule has 0 aliphatic rings. The molecular weight excluding hydrogens is 472 g/mol. The van der Waals surface area contributed by atoms with Gasteiger partial charge < -0.3 is 15.4 Å². The van der Waals surface area contributed by atoms with Crippen molar-refractivity contribution in [3.8, 4) is 5.75 Å². The third-order valence-corrected chi connectivity index (χ3v) is 4.86. The molecule has 0 aromatic heterocycles. The first-order valence-electron chi connectivity index (χ1n) is 9.79. The Balaban J connectivity index is 1.51. The quantitative estimate of drug-likeness (QED) is 0.277. The molecule has 0 radical (unpaired) electrons. The maximum atomic E-state index is 12.4. The van der Waals surface area contributed by atoms with Gasteiger partial charge in [0, 0.05) is 35.3 Å². The smallest absolute Gasteiger partial charge is 0.308 e. The fourth-order valence-corrected chi connectivity index (χ4v) is 3.05. The van der Waals surface area contributed by atoms with Gasteiger partial charge in [-0.25, -0.2) is 0 Å². The van der Waals surface area contributed by atoms with Gasteiger partial charge in [-0.2, -0.15) is 0 Å². The molecule has 6 nitrogen and oxygen atoms in total. The molecular formula is C25H21BrN2O4. The van der Waals surface area contributed by atoms with Crippen LogP contribution in [0.5, 0.6) is 5.75 Å². The van der Waals surface area contributed by atoms with Crippen LogP contribution in [0.1, 0.15) is 28.4 Å². The van der Waals surface area contributed by atoms with Gasteiger partial charge in [-0.1, -0.05) is 46.3 Å². The fourth-order valence-electron chi connectivity index (χ4n) is 2.79. The maximum absolute atomic E-state index is 12.4. The van der Waals surface area contributed by atoms with Crippen molar-refractivity contribution in [2.24, 2.45) is 0 Å². The van der Waals surface area contributed by atoms with E-state index in [0.29, 0.717) is 23.5 Å². The van der Waals surface area contributed by atoms with E-state index >= 15 is 0 Å². The van der Waals surface area contributed by atoms with E-state index in [1.165, 1.54) is 19.1 Å². The molecule has 0 atom stereocenters. The Hall–Kier alpha value is -3.71. The summed E-state index contributed by atoms with van der Waals surface area (Å²) >= 11 is 3.37. The molecule has 0 spiro atoms. The van der Waals surface area contributed by atoms with Crippen molar-refractivity contribution in [2.75, 3.05) is 5.32 Å². The van der Waals surface area contributed by atoms with Gasteiger partial charge in [0.25, 0.3) is 5.91 Å². The number of nitrogens with one attached hydrogen (secondary N) is 2. The SMILES string of the molecule is CC(=O)Oc1cccc(C(=O)NCc2ccc(NC(=O)/C=C/c3ccc(Br)cc3)cc2)c1. The van der Waals surface area contributed by atoms with Crippen LogP contribution in [0.3, 0.4) is 0 Å². The normalized spacial score (nSPS) is 10.6. The van der Waals surface area contributed by atoms with Gasteiger partial charge in [0.2, 0.25) is 5.91 Å². The van der Waals surface area contributed by atoms with E-state index in [9.17, 15) is 14.4 Å². The monoisotopic (exact) mass is 492 g/mol. The Bertz CT molecular complexity index is 1140. The number of anilines is 1. The predicted molar refractivity (Wildman–Crippen MR) is 127 cm³/mol. The van der Waals surface area contributed by atoms with Crippen molar-refractivity contribution < 1.29 is 19.1 Å². The summed E-state index contributed by atoms with van der Waals surface area (Å²) in [6.07, 6.45) is 3.21. The first-order chi connectivity index (χ1) is 15.4. The average Bonchev–Trinajstić information content (AvgIpc) is 2.78. The minimum absolute atomic E-state index is 0.235. The van der Waals surface area contributed by atoms with E-state index in [2.05, 4.69) is 26.6 Å². The number of halogens is 1. The molecule has 2 N–H and O–H groups in total. The Morgan fingerprint density at radius 3 is 2.38 bits per heavy atom. The summed E-state index contributed by atoms with van der Waals surface area (Å²) in [7, 11) is 0. The van der Waals surface area contributed by atoms with Crippen molar-refractivity contribution in [1.29, 1.82) is 0 Å². The molecule has 32 heavy (non-hydrogen) atoms. The minimum atomic E-state index is -0.446. The molecule has 0 heterocycles. The van der Waals surface area contributed by atoms with Crippen molar-refractivity contribution in [3.63, 3.8) is 0 Å². The van der Waals surface area contributed by atoms with E-state index in [4.69, 9.17) is 4.74 Å². The molecule has 0 aliphatic carbocycles. The first-order valence-corrected chi connectivity index (χ1v) is 10.6. The lowest BCUT2D eigenvalue weighted by atomic mass is 10.1. The maximum Gasteiger partial charge on any atom is 0.308 e. The Morgan fingerprint density at radius 1 is 0.969 bits per heavy atom. The zero-order valence-corrected chi connectivity index (χ0v) is 18.9. The van der Waals surface area contributed by atoms with Crippen molar-refractivity contribution in [2.45, 2.75) is 13.5 Å². The number of ether oxygens (including phenoxy) is 1. The Labute approximate surface area is 194 Å². The number of amides is 2. The lowest BCUT2D eigenvalue weighted by molar-refractivity contribution is -0.131. The van der Waals surface area contributed by atoms with Crippen molar-refractivity contribution in [1.82, 2.24) is 5.32 Å². The average molecular weight is 493 g/mol. The van der Waals surface area contributed by atoms with Crippen molar-refractivity contribution in [3.05, 3.63) is 100 Å². The molecule has 3 aromatic rings. The van der Waals surface area contributed by atoms with Gasteiger partial charge in [0.15, 0.2) is 0 Å². The highest BCUT2D eigenvalue weighted by Crippen LogP contribution is 2.15. The zero-order valence-electron chi connectivity index (χ0n) is 17.3. The number of carbonyl (C=O) groups is 3. The standard InChI is InChI=1S/C25H21BrN2O4/c1-17(29)32-23-4-2-3-20(15-23)25(31)27-16-19-7-12-22(13-8-19)28-24(30)14-9-18-5-10-21(26)11-6-18/h2-15H,16H2,1H3,(H,27,31)(H,28,30)/b14-9+. The molecule has 2 amide bonds. The molecule has 3 rings (SSSR count). The van der Waals surface area contributed by atoms with E-state index in [1.54, 1.807) is 36.4 Å². The highest BCUT2D eigenvalue weighted by atomic mass is 79.9. The molecule has 0 bridgehead atoms. The Kier molecular flexibility index (Phi) is 7.94. The molecule has 3 aromatic carbocycles. The van der Waals surface area contributed by atoms with Gasteiger partial charge >= 0.3 is 5.97 Å². The molecule has 0 aliphatic heterocycles. The molecule has 0 saturated heterocycles. The Morgan fingerprint density at radius 2 is 1.69 bits per heavy atom. The van der Waals surface area contributed by atoms with Crippen LogP contribution in [-0.2, 0) is 16.1 Å². The summed E-state index contributed by atoms with van der Waals surface area (Å²) < 4.78 is 5.98. The molecule has 7 heteroatoms. The molecule has 0 fully saturated rings. The second kappa shape index (κ2) is 11.1. The number of benzene rings is 3. The number of hydrogen-bond donors (Lipinski definition) is 2. The highest BCUT2D eigenvalue weighted by molar-refractivity contribution is 9.10.